The molecule has 0 saturated heterocycles. The van der Waals surface area contributed by atoms with Crippen molar-refractivity contribution < 1.29 is 14.1 Å². The van der Waals surface area contributed by atoms with E-state index in [2.05, 4.69) is 10.6 Å². The van der Waals surface area contributed by atoms with Crippen LogP contribution in [0.3, 0.4) is 0 Å². The molecule has 9 heteroatoms. The first-order valence-corrected chi connectivity index (χ1v) is 8.06. The highest BCUT2D eigenvalue weighted by Crippen LogP contribution is 2.27. The Morgan fingerprint density at radius 3 is 2.50 bits per heavy atom. The minimum Gasteiger partial charge on any atom is -0.336 e. The largest absolute Gasteiger partial charge is 0.336 e. The second-order valence-corrected chi connectivity index (χ2v) is 6.20. The summed E-state index contributed by atoms with van der Waals surface area (Å²) in [4.78, 5) is 24.2. The van der Waals surface area contributed by atoms with E-state index < -0.39 is 11.0 Å². The maximum atomic E-state index is 13.1. The predicted octanol–water partition coefficient (Wildman–Crippen LogP) is 3.81. The smallest absolute Gasteiger partial charge is 0.319 e. The third-order valence-corrected chi connectivity index (χ3v) is 4.05. The van der Waals surface area contributed by atoms with Crippen LogP contribution in [0.1, 0.15) is 11.6 Å². The van der Waals surface area contributed by atoms with E-state index in [9.17, 15) is 19.3 Å². The van der Waals surface area contributed by atoms with E-state index in [1.165, 1.54) is 30.3 Å². The molecule has 1 atom stereocenters. The molecule has 138 valence electrons. The summed E-state index contributed by atoms with van der Waals surface area (Å²) in [6, 6.07) is 9.35. The van der Waals surface area contributed by atoms with Gasteiger partial charge in [-0.3, -0.25) is 10.1 Å². The molecule has 26 heavy (non-hydrogen) atoms. The average molecular weight is 381 g/mol. The van der Waals surface area contributed by atoms with Crippen LogP contribution >= 0.6 is 11.6 Å². The number of nitro benzene ring substituents is 1. The number of rotatable bonds is 6. The van der Waals surface area contributed by atoms with Gasteiger partial charge >= 0.3 is 6.03 Å². The van der Waals surface area contributed by atoms with Crippen LogP contribution in [0.15, 0.2) is 42.5 Å². The molecule has 2 N–H and O–H groups in total. The van der Waals surface area contributed by atoms with Crippen molar-refractivity contribution in [3.8, 4) is 0 Å². The molecule has 0 aliphatic carbocycles. The normalized spacial score (nSPS) is 11.9. The van der Waals surface area contributed by atoms with Gasteiger partial charge in [0.05, 0.1) is 11.0 Å². The quantitative estimate of drug-likeness (QED) is 0.589. The summed E-state index contributed by atoms with van der Waals surface area (Å²) in [6.45, 7) is 0.264. The molecule has 7 nitrogen and oxygen atoms in total. The van der Waals surface area contributed by atoms with Gasteiger partial charge in [0.1, 0.15) is 10.8 Å². The molecule has 0 spiro atoms. The highest BCUT2D eigenvalue weighted by molar-refractivity contribution is 6.32. The standard InChI is InChI=1S/C17H18ClFN4O3/c1-22(2)16(11-3-5-12(19)6-4-11)10-20-17(24)21-13-7-8-14(18)15(9-13)23(25)26/h3-9,16H,10H2,1-2H3,(H2,20,21,24). The number of benzene rings is 2. The molecule has 2 aromatic carbocycles. The predicted molar refractivity (Wildman–Crippen MR) is 98.0 cm³/mol. The van der Waals surface area contributed by atoms with E-state index in [0.29, 0.717) is 0 Å². The van der Waals surface area contributed by atoms with E-state index >= 15 is 0 Å². The number of hydrogen-bond acceptors (Lipinski definition) is 4. The van der Waals surface area contributed by atoms with Crippen molar-refractivity contribution in [2.24, 2.45) is 0 Å². The first kappa shape index (κ1) is 19.6. The lowest BCUT2D eigenvalue weighted by atomic mass is 10.1. The Morgan fingerprint density at radius 1 is 1.27 bits per heavy atom. The number of amides is 2. The molecule has 0 fully saturated rings. The van der Waals surface area contributed by atoms with Crippen molar-refractivity contribution in [2.45, 2.75) is 6.04 Å². The summed E-state index contributed by atoms with van der Waals surface area (Å²) in [5.41, 5.74) is 0.808. The van der Waals surface area contributed by atoms with Crippen molar-refractivity contribution in [2.75, 3.05) is 26.0 Å². The van der Waals surface area contributed by atoms with Gasteiger partial charge in [-0.05, 0) is 43.9 Å². The van der Waals surface area contributed by atoms with Gasteiger partial charge in [-0.2, -0.15) is 0 Å². The van der Waals surface area contributed by atoms with E-state index in [4.69, 9.17) is 11.6 Å². The van der Waals surface area contributed by atoms with Crippen LogP contribution in [-0.4, -0.2) is 36.5 Å². The first-order valence-electron chi connectivity index (χ1n) is 7.68. The van der Waals surface area contributed by atoms with Gasteiger partial charge in [0.15, 0.2) is 0 Å². The second-order valence-electron chi connectivity index (χ2n) is 5.79. The molecular weight excluding hydrogens is 363 g/mol. The Balaban J connectivity index is 2.01. The van der Waals surface area contributed by atoms with Crippen molar-refractivity contribution in [3.05, 3.63) is 69.0 Å². The minimum absolute atomic E-state index is 0.00932. The highest BCUT2D eigenvalue weighted by Gasteiger charge is 2.17. The van der Waals surface area contributed by atoms with Gasteiger partial charge in [0, 0.05) is 18.3 Å². The average Bonchev–Trinajstić information content (AvgIpc) is 2.58. The fourth-order valence-electron chi connectivity index (χ4n) is 2.38. The lowest BCUT2D eigenvalue weighted by Crippen LogP contribution is -2.36. The van der Waals surface area contributed by atoms with Crippen LogP contribution in [0.2, 0.25) is 5.02 Å². The Morgan fingerprint density at radius 2 is 1.92 bits per heavy atom. The van der Waals surface area contributed by atoms with Crippen LogP contribution in [-0.2, 0) is 0 Å². The number of likely N-dealkylation sites (N-methyl/N-ethyl adjacent to an activating group) is 1. The number of carbonyl (C=O) groups excluding carboxylic acids is 1. The Labute approximate surface area is 154 Å². The van der Waals surface area contributed by atoms with Crippen LogP contribution in [0, 0.1) is 15.9 Å². The van der Waals surface area contributed by atoms with Crippen LogP contribution in [0.4, 0.5) is 20.6 Å². The lowest BCUT2D eigenvalue weighted by molar-refractivity contribution is -0.384. The third-order valence-electron chi connectivity index (χ3n) is 3.73. The van der Waals surface area contributed by atoms with Crippen molar-refractivity contribution in [1.82, 2.24) is 10.2 Å². The molecule has 2 aromatic rings. The molecule has 0 aliphatic heterocycles. The summed E-state index contributed by atoms with van der Waals surface area (Å²) >= 11 is 5.74. The van der Waals surface area contributed by atoms with Crippen LogP contribution < -0.4 is 10.6 Å². The summed E-state index contributed by atoms with van der Waals surface area (Å²) in [6.07, 6.45) is 0. The summed E-state index contributed by atoms with van der Waals surface area (Å²) in [7, 11) is 3.69. The van der Waals surface area contributed by atoms with Gasteiger partial charge < -0.3 is 15.5 Å². The molecule has 0 bridgehead atoms. The van der Waals surface area contributed by atoms with Gasteiger partial charge in [0.2, 0.25) is 0 Å². The Bertz CT molecular complexity index is 799. The van der Waals surface area contributed by atoms with Gasteiger partial charge in [-0.15, -0.1) is 0 Å². The number of urea groups is 1. The van der Waals surface area contributed by atoms with Crippen LogP contribution in [0.5, 0.6) is 0 Å². The number of hydrogen-bond donors (Lipinski definition) is 2. The monoisotopic (exact) mass is 380 g/mol. The molecule has 2 amide bonds. The maximum absolute atomic E-state index is 13.1. The molecule has 0 heterocycles. The van der Waals surface area contributed by atoms with Gasteiger partial charge in [0.25, 0.3) is 5.69 Å². The fourth-order valence-corrected chi connectivity index (χ4v) is 2.57. The topological polar surface area (TPSA) is 87.5 Å². The second kappa shape index (κ2) is 8.59. The van der Waals surface area contributed by atoms with E-state index in [1.54, 1.807) is 12.1 Å². The number of halogens is 2. The summed E-state index contributed by atoms with van der Waals surface area (Å²) in [5.74, 6) is -0.332. The zero-order chi connectivity index (χ0) is 19.3. The van der Waals surface area contributed by atoms with Crippen molar-refractivity contribution in [3.63, 3.8) is 0 Å². The number of anilines is 1. The number of carbonyl (C=O) groups is 1. The summed E-state index contributed by atoms with van der Waals surface area (Å²) in [5, 5.41) is 16.1. The minimum atomic E-state index is -0.623. The van der Waals surface area contributed by atoms with Crippen LogP contribution in [0.25, 0.3) is 0 Å². The first-order chi connectivity index (χ1) is 12.3. The fraction of sp³-hybridized carbons (Fsp3) is 0.235. The van der Waals surface area contributed by atoms with Crippen molar-refractivity contribution >= 4 is 29.0 Å². The van der Waals surface area contributed by atoms with Gasteiger partial charge in [-0.1, -0.05) is 23.7 Å². The van der Waals surface area contributed by atoms with E-state index in [1.807, 2.05) is 19.0 Å². The lowest BCUT2D eigenvalue weighted by Gasteiger charge is -2.25. The van der Waals surface area contributed by atoms with E-state index in [-0.39, 0.29) is 34.8 Å². The molecule has 0 saturated carbocycles. The molecule has 2 rings (SSSR count). The Hall–Kier alpha value is -2.71. The molecular formula is C17H18ClFN4O3. The summed E-state index contributed by atoms with van der Waals surface area (Å²) < 4.78 is 13.1. The van der Waals surface area contributed by atoms with Crippen molar-refractivity contribution in [1.29, 1.82) is 0 Å². The molecule has 0 aliphatic rings. The highest BCUT2D eigenvalue weighted by atomic mass is 35.5. The zero-order valence-electron chi connectivity index (χ0n) is 14.2. The number of nitro groups is 1. The van der Waals surface area contributed by atoms with E-state index in [0.717, 1.165) is 5.56 Å². The SMILES string of the molecule is CN(C)C(CNC(=O)Nc1ccc(Cl)c([N+](=O)[O-])c1)c1ccc(F)cc1. The molecule has 0 aromatic heterocycles. The zero-order valence-corrected chi connectivity index (χ0v) is 15.0. The third kappa shape index (κ3) is 5.14. The molecule has 1 unspecified atom stereocenters. The maximum Gasteiger partial charge on any atom is 0.319 e. The Kier molecular flexibility index (Phi) is 6.48. The number of nitrogens with zero attached hydrogens (tertiary/aromatic N) is 2. The molecule has 0 radical (unpaired) electrons. The van der Waals surface area contributed by atoms with Gasteiger partial charge in [-0.25, -0.2) is 9.18 Å². The number of nitrogens with one attached hydrogen (secondary N) is 2.